The van der Waals surface area contributed by atoms with Crippen LogP contribution in [0.3, 0.4) is 0 Å². The van der Waals surface area contributed by atoms with E-state index in [1.54, 1.807) is 0 Å². The van der Waals surface area contributed by atoms with Crippen LogP contribution in [0.4, 0.5) is 0 Å². The van der Waals surface area contributed by atoms with E-state index < -0.39 is 0 Å². The van der Waals surface area contributed by atoms with E-state index in [1.165, 1.54) is 21.5 Å². The highest BCUT2D eigenvalue weighted by Crippen LogP contribution is 2.47. The van der Waals surface area contributed by atoms with E-state index in [-0.39, 0.29) is 0 Å². The molecule has 0 N–H and O–H groups in total. The molecule has 0 radical (unpaired) electrons. The fraction of sp³-hybridized carbons (Fsp3) is 0. The van der Waals surface area contributed by atoms with Crippen molar-refractivity contribution in [2.45, 2.75) is 0 Å². The highest BCUT2D eigenvalue weighted by Gasteiger charge is 2.26. The molecule has 3 aromatic heterocycles. The Hall–Kier alpha value is -8.47. The van der Waals surface area contributed by atoms with Crippen LogP contribution in [-0.4, -0.2) is 19.6 Å². The van der Waals surface area contributed by atoms with Crippen LogP contribution in [-0.2, 0) is 0 Å². The molecule has 12 aromatic rings. The van der Waals surface area contributed by atoms with Gasteiger partial charge in [0, 0.05) is 44.3 Å². The Kier molecular flexibility index (Phi) is 8.79. The topological polar surface area (TPSA) is 43.1 Å². The first kappa shape index (κ1) is 36.4. The lowest BCUT2D eigenvalue weighted by molar-refractivity contribution is 0.981. The molecule has 0 bridgehead atoms. The molecule has 0 saturated carbocycles. The van der Waals surface area contributed by atoms with Crippen LogP contribution in [0.5, 0.6) is 0 Å². The van der Waals surface area contributed by atoms with E-state index in [0.29, 0.717) is 5.82 Å². The highest BCUT2D eigenvalue weighted by molar-refractivity contribution is 6.18. The summed E-state index contributed by atoms with van der Waals surface area (Å²) in [5.74, 6) is 0.678. The molecule has 0 unspecified atom stereocenters. The molecule has 12 rings (SSSR count). The summed E-state index contributed by atoms with van der Waals surface area (Å²) in [5.41, 5.74) is 14.4. The fourth-order valence-electron chi connectivity index (χ4n) is 9.32. The number of aromatic nitrogens is 4. The van der Waals surface area contributed by atoms with Gasteiger partial charge in [0.15, 0.2) is 5.82 Å². The molecule has 0 aliphatic rings. The van der Waals surface area contributed by atoms with Gasteiger partial charge >= 0.3 is 0 Å². The van der Waals surface area contributed by atoms with Gasteiger partial charge in [-0.05, 0) is 50.2 Å². The molecule has 0 aliphatic carbocycles. The lowest BCUT2D eigenvalue weighted by atomic mass is 9.90. The zero-order valence-electron chi connectivity index (χ0n) is 34.2. The average molecular weight is 803 g/mol. The van der Waals surface area contributed by atoms with Crippen LogP contribution in [0.15, 0.2) is 231 Å². The van der Waals surface area contributed by atoms with Crippen LogP contribution >= 0.6 is 0 Å². The van der Waals surface area contributed by atoms with Crippen molar-refractivity contribution in [3.63, 3.8) is 0 Å². The van der Waals surface area contributed by atoms with E-state index in [1.807, 2.05) is 12.1 Å². The van der Waals surface area contributed by atoms with Gasteiger partial charge in [-0.25, -0.2) is 14.5 Å². The van der Waals surface area contributed by atoms with Crippen molar-refractivity contribution in [3.05, 3.63) is 231 Å². The third-order valence-corrected chi connectivity index (χ3v) is 12.2. The molecular weight excluding hydrogens is 765 g/mol. The highest BCUT2D eigenvalue weighted by atomic mass is 15.2. The van der Waals surface area contributed by atoms with E-state index >= 15 is 0 Å². The van der Waals surface area contributed by atoms with Gasteiger partial charge in [0.1, 0.15) is 5.69 Å². The lowest BCUT2D eigenvalue weighted by Crippen LogP contribution is -2.00. The Morgan fingerprint density at radius 1 is 0.317 bits per heavy atom. The van der Waals surface area contributed by atoms with Crippen molar-refractivity contribution in [3.8, 4) is 78.7 Å². The number of hydrogen-bond acceptors (Lipinski definition) is 3. The molecule has 0 fully saturated rings. The summed E-state index contributed by atoms with van der Waals surface area (Å²) >= 11 is 0. The zero-order valence-corrected chi connectivity index (χ0v) is 34.2. The van der Waals surface area contributed by atoms with Gasteiger partial charge in [0.05, 0.1) is 22.6 Å². The van der Waals surface area contributed by atoms with Crippen molar-refractivity contribution < 1.29 is 0 Å². The minimum absolute atomic E-state index is 0.678. The van der Waals surface area contributed by atoms with Crippen LogP contribution in [0, 0.1) is 0 Å². The third kappa shape index (κ3) is 6.27. The Labute approximate surface area is 365 Å². The Balaban J connectivity index is 1.13. The van der Waals surface area contributed by atoms with Crippen LogP contribution in [0.2, 0.25) is 0 Å². The summed E-state index contributed by atoms with van der Waals surface area (Å²) < 4.78 is 2.22. The number of hydrogen-bond donors (Lipinski definition) is 0. The summed E-state index contributed by atoms with van der Waals surface area (Å²) in [6.07, 6.45) is 0. The minimum Gasteiger partial charge on any atom is -0.231 e. The Morgan fingerprint density at radius 2 is 0.778 bits per heavy atom. The maximum absolute atomic E-state index is 5.77. The SMILES string of the molecule is c1ccc(-c2cc(-c3ccccc3)nc(-c3ccc(-c4c(-c5ccccc5)n5nc(-c6cc7ccccc7c7ccccc67)c(-c6ccccc6)c5c5ccccc45)cc3)n2)cc1. The minimum atomic E-state index is 0.678. The number of nitrogens with zero attached hydrogens (tertiary/aromatic N) is 4. The van der Waals surface area contributed by atoms with Crippen LogP contribution in [0.25, 0.3) is 117 Å². The maximum Gasteiger partial charge on any atom is 0.160 e. The Morgan fingerprint density at radius 3 is 1.40 bits per heavy atom. The largest absolute Gasteiger partial charge is 0.231 e. The first-order valence-corrected chi connectivity index (χ1v) is 21.4. The molecule has 0 atom stereocenters. The number of fused-ring (bicyclic) bond motifs is 6. The molecular formula is C59H38N4. The molecule has 4 nitrogen and oxygen atoms in total. The zero-order chi connectivity index (χ0) is 41.7. The number of rotatable bonds is 7. The molecule has 0 saturated heterocycles. The van der Waals surface area contributed by atoms with Gasteiger partial charge in [0.25, 0.3) is 0 Å². The number of benzene rings is 9. The standard InChI is InChI=1S/C59H38N4/c1-5-19-39(20-6-1)52-38-53(40-21-7-2-8-22-40)61-59(60-52)44-35-33-42(34-36-44)54-49-31-17-18-32-50(49)58-55(41-23-9-3-10-24-41)56(62-63(58)57(54)43-25-11-4-12-26-43)51-37-45-27-13-14-28-46(45)47-29-15-16-30-48(47)51/h1-38H. The second-order valence-corrected chi connectivity index (χ2v) is 15.9. The molecule has 9 aromatic carbocycles. The predicted octanol–water partition coefficient (Wildman–Crippen LogP) is 15.3. The monoisotopic (exact) mass is 802 g/mol. The lowest BCUT2D eigenvalue weighted by Gasteiger charge is -2.18. The predicted molar refractivity (Wildman–Crippen MR) is 261 cm³/mol. The van der Waals surface area contributed by atoms with E-state index in [0.717, 1.165) is 89.1 Å². The molecule has 63 heavy (non-hydrogen) atoms. The van der Waals surface area contributed by atoms with Gasteiger partial charge in [-0.2, -0.15) is 5.10 Å². The van der Waals surface area contributed by atoms with Gasteiger partial charge in [0.2, 0.25) is 0 Å². The Bertz CT molecular complexity index is 3580. The smallest absolute Gasteiger partial charge is 0.160 e. The summed E-state index contributed by atoms with van der Waals surface area (Å²) in [4.78, 5) is 10.3. The molecule has 0 aliphatic heterocycles. The molecule has 0 amide bonds. The van der Waals surface area contributed by atoms with E-state index in [9.17, 15) is 0 Å². The van der Waals surface area contributed by atoms with Crippen molar-refractivity contribution in [1.82, 2.24) is 19.6 Å². The molecule has 3 heterocycles. The van der Waals surface area contributed by atoms with E-state index in [4.69, 9.17) is 15.1 Å². The van der Waals surface area contributed by atoms with Gasteiger partial charge in [-0.15, -0.1) is 0 Å². The van der Waals surface area contributed by atoms with Crippen LogP contribution in [0.1, 0.15) is 0 Å². The quantitative estimate of drug-likeness (QED) is 0.151. The second-order valence-electron chi connectivity index (χ2n) is 15.9. The summed E-state index contributed by atoms with van der Waals surface area (Å²) in [6.45, 7) is 0. The normalized spacial score (nSPS) is 11.5. The summed E-state index contributed by atoms with van der Waals surface area (Å²) in [7, 11) is 0. The van der Waals surface area contributed by atoms with Crippen molar-refractivity contribution in [2.75, 3.05) is 0 Å². The van der Waals surface area contributed by atoms with Crippen molar-refractivity contribution >= 4 is 37.8 Å². The van der Waals surface area contributed by atoms with Gasteiger partial charge < -0.3 is 0 Å². The van der Waals surface area contributed by atoms with Crippen molar-refractivity contribution in [1.29, 1.82) is 0 Å². The molecule has 0 spiro atoms. The van der Waals surface area contributed by atoms with E-state index in [2.05, 4.69) is 223 Å². The van der Waals surface area contributed by atoms with Gasteiger partial charge in [-0.3, -0.25) is 0 Å². The molecule has 4 heteroatoms. The summed E-state index contributed by atoms with van der Waals surface area (Å²) in [5, 5.41) is 12.9. The second kappa shape index (κ2) is 15.2. The molecule has 294 valence electrons. The summed E-state index contributed by atoms with van der Waals surface area (Å²) in [6, 6.07) is 81.5. The van der Waals surface area contributed by atoms with Crippen LogP contribution < -0.4 is 0 Å². The first-order valence-electron chi connectivity index (χ1n) is 21.4. The first-order chi connectivity index (χ1) is 31.3. The third-order valence-electron chi connectivity index (χ3n) is 12.2. The fourth-order valence-corrected chi connectivity index (χ4v) is 9.32. The maximum atomic E-state index is 5.77. The van der Waals surface area contributed by atoms with Crippen molar-refractivity contribution in [2.24, 2.45) is 0 Å². The average Bonchev–Trinajstić information content (AvgIpc) is 3.77. The number of pyridine rings is 1. The van der Waals surface area contributed by atoms with Gasteiger partial charge in [-0.1, -0.05) is 218 Å².